The summed E-state index contributed by atoms with van der Waals surface area (Å²) in [6, 6.07) is 0. The molecule has 0 spiro atoms. The van der Waals surface area contributed by atoms with Crippen LogP contribution in [0, 0.1) is 0 Å². The lowest BCUT2D eigenvalue weighted by molar-refractivity contribution is 0.767. The van der Waals surface area contributed by atoms with Crippen molar-refractivity contribution in [1.82, 2.24) is 9.78 Å². The molecule has 0 fully saturated rings. The summed E-state index contributed by atoms with van der Waals surface area (Å²) in [6.07, 6.45) is 10.1. The minimum atomic E-state index is 1.15. The Morgan fingerprint density at radius 1 is 1.58 bits per heavy atom. The fourth-order valence-corrected chi connectivity index (χ4v) is 1.09. The molecule has 0 amide bonds. The van der Waals surface area contributed by atoms with Crippen molar-refractivity contribution in [3.8, 4) is 0 Å². The van der Waals surface area contributed by atoms with Crippen molar-refractivity contribution in [1.29, 1.82) is 0 Å². The maximum Gasteiger partial charge on any atom is 0.0562 e. The average Bonchev–Trinajstić information content (AvgIpc) is 2.36. The number of rotatable bonds is 2. The largest absolute Gasteiger partial charge is 0.275 e. The van der Waals surface area contributed by atoms with Crippen molar-refractivity contribution in [2.24, 2.45) is 7.05 Å². The van der Waals surface area contributed by atoms with Gasteiger partial charge in [0, 0.05) is 18.8 Å². The van der Waals surface area contributed by atoms with Gasteiger partial charge < -0.3 is 0 Å². The molecular weight excluding hydrogens is 148 g/mol. The monoisotopic (exact) mass is 162 g/mol. The van der Waals surface area contributed by atoms with Crippen LogP contribution in [0.5, 0.6) is 0 Å². The third-order valence-corrected chi connectivity index (χ3v) is 1.55. The minimum Gasteiger partial charge on any atom is -0.275 e. The molecule has 0 bridgehead atoms. The van der Waals surface area contributed by atoms with Gasteiger partial charge in [-0.15, -0.1) is 0 Å². The van der Waals surface area contributed by atoms with Crippen LogP contribution in [0.4, 0.5) is 0 Å². The van der Waals surface area contributed by atoms with E-state index in [9.17, 15) is 0 Å². The summed E-state index contributed by atoms with van der Waals surface area (Å²) in [7, 11) is 1.92. The lowest BCUT2D eigenvalue weighted by atomic mass is 10.2. The molecule has 12 heavy (non-hydrogen) atoms. The lowest BCUT2D eigenvalue weighted by Crippen LogP contribution is -1.83. The molecule has 0 radical (unpaired) electrons. The number of hydrogen-bond acceptors (Lipinski definition) is 1. The zero-order chi connectivity index (χ0) is 8.97. The van der Waals surface area contributed by atoms with E-state index in [0.29, 0.717) is 0 Å². The van der Waals surface area contributed by atoms with Crippen molar-refractivity contribution in [3.63, 3.8) is 0 Å². The molecule has 0 aliphatic heterocycles. The molecule has 1 aromatic heterocycles. The Kier molecular flexibility index (Phi) is 2.86. The van der Waals surface area contributed by atoms with E-state index in [4.69, 9.17) is 0 Å². The standard InChI is InChI=1S/C10H14N2/c1-4-5-9(2)6-10-7-11-12(3)8-10/h4-8H,1-3H3/b5-4-,9-6-. The summed E-state index contributed by atoms with van der Waals surface area (Å²) in [5, 5.41) is 4.08. The number of allylic oxidation sites excluding steroid dienone is 3. The molecule has 0 aliphatic rings. The first kappa shape index (κ1) is 8.78. The zero-order valence-corrected chi connectivity index (χ0v) is 7.78. The SMILES string of the molecule is C/C=C\C(C)=C/c1cnn(C)c1. The van der Waals surface area contributed by atoms with Gasteiger partial charge in [0.2, 0.25) is 0 Å². The summed E-state index contributed by atoms with van der Waals surface area (Å²) in [4.78, 5) is 0. The number of aryl methyl sites for hydroxylation is 1. The van der Waals surface area contributed by atoms with Gasteiger partial charge in [-0.05, 0) is 19.9 Å². The van der Waals surface area contributed by atoms with E-state index < -0.39 is 0 Å². The van der Waals surface area contributed by atoms with Crippen LogP contribution in [-0.4, -0.2) is 9.78 Å². The number of hydrogen-bond donors (Lipinski definition) is 0. The van der Waals surface area contributed by atoms with Gasteiger partial charge in [0.25, 0.3) is 0 Å². The highest BCUT2D eigenvalue weighted by molar-refractivity contribution is 5.53. The number of nitrogens with zero attached hydrogens (tertiary/aromatic N) is 2. The molecule has 0 saturated heterocycles. The Balaban J connectivity index is 2.80. The smallest absolute Gasteiger partial charge is 0.0562 e. The maximum absolute atomic E-state index is 4.08. The van der Waals surface area contributed by atoms with E-state index in [0.717, 1.165) is 5.56 Å². The van der Waals surface area contributed by atoms with E-state index in [1.807, 2.05) is 32.4 Å². The topological polar surface area (TPSA) is 17.8 Å². The van der Waals surface area contributed by atoms with Crippen LogP contribution in [0.2, 0.25) is 0 Å². The highest BCUT2D eigenvalue weighted by Crippen LogP contribution is 2.05. The Morgan fingerprint density at radius 2 is 2.33 bits per heavy atom. The van der Waals surface area contributed by atoms with E-state index in [1.54, 1.807) is 4.68 Å². The van der Waals surface area contributed by atoms with Gasteiger partial charge in [0.1, 0.15) is 0 Å². The molecule has 64 valence electrons. The van der Waals surface area contributed by atoms with E-state index in [2.05, 4.69) is 24.2 Å². The average molecular weight is 162 g/mol. The van der Waals surface area contributed by atoms with Gasteiger partial charge >= 0.3 is 0 Å². The summed E-state index contributed by atoms with van der Waals surface area (Å²) in [6.45, 7) is 4.09. The van der Waals surface area contributed by atoms with Gasteiger partial charge in [-0.1, -0.05) is 17.7 Å². The zero-order valence-electron chi connectivity index (χ0n) is 7.78. The molecule has 1 aromatic rings. The normalized spacial score (nSPS) is 12.8. The van der Waals surface area contributed by atoms with Gasteiger partial charge in [-0.3, -0.25) is 4.68 Å². The van der Waals surface area contributed by atoms with Crippen LogP contribution < -0.4 is 0 Å². The predicted molar refractivity (Wildman–Crippen MR) is 51.7 cm³/mol. The second-order valence-corrected chi connectivity index (χ2v) is 2.84. The first-order chi connectivity index (χ1) is 5.72. The molecule has 0 aliphatic carbocycles. The molecule has 0 saturated carbocycles. The summed E-state index contributed by atoms with van der Waals surface area (Å²) in [5.41, 5.74) is 2.39. The fraction of sp³-hybridized carbons (Fsp3) is 0.300. The molecule has 0 atom stereocenters. The summed E-state index contributed by atoms with van der Waals surface area (Å²) in [5.74, 6) is 0. The van der Waals surface area contributed by atoms with Crippen LogP contribution in [0.1, 0.15) is 19.4 Å². The van der Waals surface area contributed by atoms with Crippen molar-refractivity contribution >= 4 is 6.08 Å². The quantitative estimate of drug-likeness (QED) is 0.610. The Bertz CT molecular complexity index is 305. The molecule has 0 aromatic carbocycles. The summed E-state index contributed by atoms with van der Waals surface area (Å²) >= 11 is 0. The fourth-order valence-electron chi connectivity index (χ4n) is 1.09. The van der Waals surface area contributed by atoms with Crippen molar-refractivity contribution in [2.75, 3.05) is 0 Å². The molecular formula is C10H14N2. The van der Waals surface area contributed by atoms with E-state index in [-0.39, 0.29) is 0 Å². The van der Waals surface area contributed by atoms with Crippen LogP contribution >= 0.6 is 0 Å². The third-order valence-electron chi connectivity index (χ3n) is 1.55. The molecule has 0 N–H and O–H groups in total. The van der Waals surface area contributed by atoms with Crippen molar-refractivity contribution < 1.29 is 0 Å². The molecule has 1 heterocycles. The van der Waals surface area contributed by atoms with Gasteiger partial charge in [-0.25, -0.2) is 0 Å². The maximum atomic E-state index is 4.08. The lowest BCUT2D eigenvalue weighted by Gasteiger charge is -1.88. The van der Waals surface area contributed by atoms with Crippen molar-refractivity contribution in [3.05, 3.63) is 35.7 Å². The van der Waals surface area contributed by atoms with Gasteiger partial charge in [0.05, 0.1) is 6.20 Å². The van der Waals surface area contributed by atoms with Crippen LogP contribution in [-0.2, 0) is 7.05 Å². The molecule has 1 rings (SSSR count). The predicted octanol–water partition coefficient (Wildman–Crippen LogP) is 2.40. The van der Waals surface area contributed by atoms with Crippen LogP contribution in [0.15, 0.2) is 30.1 Å². The van der Waals surface area contributed by atoms with Gasteiger partial charge in [-0.2, -0.15) is 5.10 Å². The van der Waals surface area contributed by atoms with Crippen molar-refractivity contribution in [2.45, 2.75) is 13.8 Å². The number of aromatic nitrogens is 2. The molecule has 0 unspecified atom stereocenters. The highest BCUT2D eigenvalue weighted by Gasteiger charge is 1.90. The highest BCUT2D eigenvalue weighted by atomic mass is 15.2. The van der Waals surface area contributed by atoms with Crippen LogP contribution in [0.3, 0.4) is 0 Å². The second kappa shape index (κ2) is 3.90. The van der Waals surface area contributed by atoms with Gasteiger partial charge in [0.15, 0.2) is 0 Å². The minimum absolute atomic E-state index is 1.15. The first-order valence-electron chi connectivity index (χ1n) is 4.02. The first-order valence-corrected chi connectivity index (χ1v) is 4.02. The Labute approximate surface area is 73.2 Å². The Morgan fingerprint density at radius 3 is 2.83 bits per heavy atom. The van der Waals surface area contributed by atoms with E-state index in [1.165, 1.54) is 5.57 Å². The second-order valence-electron chi connectivity index (χ2n) is 2.84. The molecule has 2 nitrogen and oxygen atoms in total. The van der Waals surface area contributed by atoms with E-state index >= 15 is 0 Å². The van der Waals surface area contributed by atoms with Crippen LogP contribution in [0.25, 0.3) is 6.08 Å². The third kappa shape index (κ3) is 2.38. The summed E-state index contributed by atoms with van der Waals surface area (Å²) < 4.78 is 1.80. The molecule has 2 heteroatoms. The Hall–Kier alpha value is -1.31.